The molecule has 0 aromatic heterocycles. The van der Waals surface area contributed by atoms with Crippen LogP contribution < -0.4 is 10.6 Å². The second-order valence-electron chi connectivity index (χ2n) is 6.68. The van der Waals surface area contributed by atoms with Gasteiger partial charge in [-0.05, 0) is 51.1 Å². The molecule has 0 saturated heterocycles. The molecule has 0 atom stereocenters. The van der Waals surface area contributed by atoms with E-state index in [-0.39, 0.29) is 12.3 Å². The molecule has 0 aliphatic rings. The monoisotopic (exact) mass is 386 g/mol. The van der Waals surface area contributed by atoms with E-state index in [4.69, 9.17) is 0 Å². The maximum Gasteiger partial charge on any atom is 0.191 e. The van der Waals surface area contributed by atoms with Crippen LogP contribution in [0.2, 0.25) is 0 Å². The van der Waals surface area contributed by atoms with Crippen molar-refractivity contribution in [3.8, 4) is 0 Å². The Morgan fingerprint density at radius 3 is 2.54 bits per heavy atom. The summed E-state index contributed by atoms with van der Waals surface area (Å²) in [6.07, 6.45) is 1.17. The summed E-state index contributed by atoms with van der Waals surface area (Å²) >= 11 is 0. The molecule has 0 radical (unpaired) electrons. The van der Waals surface area contributed by atoms with Crippen molar-refractivity contribution in [1.82, 2.24) is 15.5 Å². The molecule has 148 valence electrons. The van der Waals surface area contributed by atoms with Crippen molar-refractivity contribution in [3.05, 3.63) is 35.1 Å². The lowest BCUT2D eigenvalue weighted by Gasteiger charge is -2.21. The van der Waals surface area contributed by atoms with Crippen LogP contribution in [0, 0.1) is 5.82 Å². The summed E-state index contributed by atoms with van der Waals surface area (Å²) in [5.41, 5.74) is 1.15. The Labute approximate surface area is 156 Å². The smallest absolute Gasteiger partial charge is 0.191 e. The highest BCUT2D eigenvalue weighted by Gasteiger charge is 2.11. The fourth-order valence-electron chi connectivity index (χ4n) is 2.28. The van der Waals surface area contributed by atoms with Gasteiger partial charge in [0.25, 0.3) is 0 Å². The zero-order valence-corrected chi connectivity index (χ0v) is 17.2. The Morgan fingerprint density at radius 1 is 1.27 bits per heavy atom. The van der Waals surface area contributed by atoms with Gasteiger partial charge in [0.15, 0.2) is 15.8 Å². The standard InChI is InChI=1S/C18H31FN4O2S/c1-6-20-18(21-9-10-23(4)14(2)3)22-12-16-11-17(19)8-7-15(16)13-26(5,24)25/h7-8,11,14H,6,9-10,12-13H2,1-5H3,(H2,20,21,22). The third kappa shape index (κ3) is 8.62. The topological polar surface area (TPSA) is 73.8 Å². The van der Waals surface area contributed by atoms with E-state index in [2.05, 4.69) is 41.4 Å². The van der Waals surface area contributed by atoms with E-state index in [9.17, 15) is 12.8 Å². The highest BCUT2D eigenvalue weighted by atomic mass is 32.2. The first kappa shape index (κ1) is 22.4. The number of hydrogen-bond donors (Lipinski definition) is 2. The second kappa shape index (κ2) is 10.5. The summed E-state index contributed by atoms with van der Waals surface area (Å²) in [6.45, 7) is 8.72. The minimum atomic E-state index is -3.20. The second-order valence-corrected chi connectivity index (χ2v) is 8.82. The number of nitrogens with zero attached hydrogens (tertiary/aromatic N) is 2. The number of sulfone groups is 1. The fourth-order valence-corrected chi connectivity index (χ4v) is 3.13. The minimum absolute atomic E-state index is 0.124. The predicted molar refractivity (Wildman–Crippen MR) is 106 cm³/mol. The van der Waals surface area contributed by atoms with E-state index in [1.54, 1.807) is 0 Å². The van der Waals surface area contributed by atoms with Crippen LogP contribution in [0.25, 0.3) is 0 Å². The SMILES string of the molecule is CCNC(=NCc1cc(F)ccc1CS(C)(=O)=O)NCCN(C)C(C)C. The maximum atomic E-state index is 13.6. The van der Waals surface area contributed by atoms with Crippen LogP contribution in [-0.4, -0.2) is 58.3 Å². The number of benzene rings is 1. The molecule has 1 rings (SSSR count). The van der Waals surface area contributed by atoms with Crippen molar-refractivity contribution in [2.45, 2.75) is 39.1 Å². The molecule has 8 heteroatoms. The molecule has 0 amide bonds. The molecule has 1 aromatic carbocycles. The summed E-state index contributed by atoms with van der Waals surface area (Å²) in [6, 6.07) is 4.60. The van der Waals surface area contributed by atoms with Gasteiger partial charge in [0.1, 0.15) is 5.82 Å². The summed E-state index contributed by atoms with van der Waals surface area (Å²) in [5, 5.41) is 6.39. The van der Waals surface area contributed by atoms with Gasteiger partial charge in [-0.1, -0.05) is 6.07 Å². The van der Waals surface area contributed by atoms with Gasteiger partial charge in [-0.25, -0.2) is 17.8 Å². The molecule has 0 spiro atoms. The molecule has 2 N–H and O–H groups in total. The minimum Gasteiger partial charge on any atom is -0.357 e. The quantitative estimate of drug-likeness (QED) is 0.500. The molecular formula is C18H31FN4O2S. The molecule has 6 nitrogen and oxygen atoms in total. The lowest BCUT2D eigenvalue weighted by molar-refractivity contribution is 0.278. The van der Waals surface area contributed by atoms with Gasteiger partial charge in [-0.2, -0.15) is 0 Å². The van der Waals surface area contributed by atoms with E-state index in [0.717, 1.165) is 13.1 Å². The third-order valence-electron chi connectivity index (χ3n) is 3.98. The average Bonchev–Trinajstić information content (AvgIpc) is 2.53. The van der Waals surface area contributed by atoms with E-state index in [1.807, 2.05) is 6.92 Å². The van der Waals surface area contributed by atoms with Gasteiger partial charge in [0.2, 0.25) is 0 Å². The largest absolute Gasteiger partial charge is 0.357 e. The van der Waals surface area contributed by atoms with Gasteiger partial charge >= 0.3 is 0 Å². The maximum absolute atomic E-state index is 13.6. The molecule has 0 bridgehead atoms. The Bertz CT molecular complexity index is 705. The van der Waals surface area contributed by atoms with Crippen LogP contribution in [0.15, 0.2) is 23.2 Å². The zero-order chi connectivity index (χ0) is 19.7. The van der Waals surface area contributed by atoms with Crippen LogP contribution >= 0.6 is 0 Å². The van der Waals surface area contributed by atoms with E-state index in [1.165, 1.54) is 24.5 Å². The van der Waals surface area contributed by atoms with Crippen LogP contribution in [0.4, 0.5) is 4.39 Å². The molecule has 1 aromatic rings. The van der Waals surface area contributed by atoms with Crippen LogP contribution in [0.3, 0.4) is 0 Å². The molecule has 0 unspecified atom stereocenters. The van der Waals surface area contributed by atoms with Crippen molar-refractivity contribution < 1.29 is 12.8 Å². The van der Waals surface area contributed by atoms with Crippen molar-refractivity contribution in [2.24, 2.45) is 4.99 Å². The normalized spacial score (nSPS) is 12.7. The number of guanidine groups is 1. The van der Waals surface area contributed by atoms with Crippen LogP contribution in [0.1, 0.15) is 31.9 Å². The van der Waals surface area contributed by atoms with Gasteiger partial charge in [0.05, 0.1) is 12.3 Å². The zero-order valence-electron chi connectivity index (χ0n) is 16.3. The predicted octanol–water partition coefficient (Wildman–Crippen LogP) is 1.77. The summed E-state index contributed by atoms with van der Waals surface area (Å²) in [4.78, 5) is 6.69. The lowest BCUT2D eigenvalue weighted by Crippen LogP contribution is -2.42. The molecule has 26 heavy (non-hydrogen) atoms. The van der Waals surface area contributed by atoms with Gasteiger partial charge < -0.3 is 15.5 Å². The number of likely N-dealkylation sites (N-methyl/N-ethyl adjacent to an activating group) is 1. The number of rotatable bonds is 9. The Kier molecular flexibility index (Phi) is 9.01. The first-order chi connectivity index (χ1) is 12.1. The summed E-state index contributed by atoms with van der Waals surface area (Å²) < 4.78 is 36.7. The van der Waals surface area contributed by atoms with Crippen molar-refractivity contribution >= 4 is 15.8 Å². The molecule has 0 heterocycles. The third-order valence-corrected chi connectivity index (χ3v) is 4.81. The van der Waals surface area contributed by atoms with Crippen molar-refractivity contribution in [2.75, 3.05) is 32.9 Å². The molecular weight excluding hydrogens is 355 g/mol. The van der Waals surface area contributed by atoms with Gasteiger partial charge in [0, 0.05) is 31.9 Å². The molecule has 0 aliphatic carbocycles. The lowest BCUT2D eigenvalue weighted by atomic mass is 10.1. The highest BCUT2D eigenvalue weighted by Crippen LogP contribution is 2.15. The number of halogens is 1. The molecule has 0 aliphatic heterocycles. The van der Waals surface area contributed by atoms with Crippen molar-refractivity contribution in [3.63, 3.8) is 0 Å². The molecule has 0 saturated carbocycles. The Balaban J connectivity index is 2.84. The summed E-state index contributed by atoms with van der Waals surface area (Å²) in [5.74, 6) is 0.101. The van der Waals surface area contributed by atoms with Gasteiger partial charge in [-0.15, -0.1) is 0 Å². The first-order valence-corrected chi connectivity index (χ1v) is 10.9. The fraction of sp³-hybridized carbons (Fsp3) is 0.611. The average molecular weight is 387 g/mol. The van der Waals surface area contributed by atoms with E-state index < -0.39 is 15.7 Å². The number of nitrogens with one attached hydrogen (secondary N) is 2. The Hall–Kier alpha value is -1.67. The van der Waals surface area contributed by atoms with Crippen LogP contribution in [-0.2, 0) is 22.1 Å². The van der Waals surface area contributed by atoms with E-state index in [0.29, 0.717) is 29.7 Å². The van der Waals surface area contributed by atoms with Crippen molar-refractivity contribution in [1.29, 1.82) is 0 Å². The number of aliphatic imine (C=N–C) groups is 1. The molecule has 0 fully saturated rings. The Morgan fingerprint density at radius 2 is 1.96 bits per heavy atom. The first-order valence-electron chi connectivity index (χ1n) is 8.79. The number of hydrogen-bond acceptors (Lipinski definition) is 4. The summed E-state index contributed by atoms with van der Waals surface area (Å²) in [7, 11) is -1.14. The van der Waals surface area contributed by atoms with E-state index >= 15 is 0 Å². The highest BCUT2D eigenvalue weighted by molar-refractivity contribution is 7.89. The van der Waals surface area contributed by atoms with Gasteiger partial charge in [-0.3, -0.25) is 0 Å². The van der Waals surface area contributed by atoms with Crippen LogP contribution in [0.5, 0.6) is 0 Å².